The number of rotatable bonds is 4. The maximum atomic E-state index is 11.2. The first-order valence-corrected chi connectivity index (χ1v) is 6.44. The first kappa shape index (κ1) is 14.1. The van der Waals surface area contributed by atoms with E-state index >= 15 is 0 Å². The minimum atomic E-state index is -0.988. The van der Waals surface area contributed by atoms with Gasteiger partial charge in [-0.15, -0.1) is 0 Å². The summed E-state index contributed by atoms with van der Waals surface area (Å²) in [6.07, 6.45) is 1.65. The standard InChI is InChI=1S/C16H17NO3/c1-10(2)20-15-9-12(4-5-14(15)16(18)19)13-6-7-17-11(3)8-13/h4-10H,1-3H3,(H,18,19). The molecule has 1 heterocycles. The van der Waals surface area contributed by atoms with Crippen LogP contribution in [0.2, 0.25) is 0 Å². The number of carboxylic acid groups (broad SMARTS) is 1. The highest BCUT2D eigenvalue weighted by molar-refractivity contribution is 5.92. The molecule has 0 bridgehead atoms. The summed E-state index contributed by atoms with van der Waals surface area (Å²) in [6, 6.07) is 8.96. The van der Waals surface area contributed by atoms with E-state index in [1.807, 2.05) is 32.9 Å². The monoisotopic (exact) mass is 271 g/mol. The third-order valence-electron chi connectivity index (χ3n) is 2.80. The van der Waals surface area contributed by atoms with Crippen molar-refractivity contribution in [2.45, 2.75) is 26.9 Å². The summed E-state index contributed by atoms with van der Waals surface area (Å²) >= 11 is 0. The van der Waals surface area contributed by atoms with E-state index in [2.05, 4.69) is 4.98 Å². The van der Waals surface area contributed by atoms with Gasteiger partial charge in [0.05, 0.1) is 6.10 Å². The Hall–Kier alpha value is -2.36. The van der Waals surface area contributed by atoms with Crippen LogP contribution in [-0.4, -0.2) is 22.2 Å². The van der Waals surface area contributed by atoms with Crippen molar-refractivity contribution >= 4 is 5.97 Å². The molecule has 20 heavy (non-hydrogen) atoms. The van der Waals surface area contributed by atoms with E-state index in [9.17, 15) is 9.90 Å². The lowest BCUT2D eigenvalue weighted by Crippen LogP contribution is -2.10. The van der Waals surface area contributed by atoms with Crippen LogP contribution in [0.4, 0.5) is 0 Å². The molecule has 0 aliphatic heterocycles. The van der Waals surface area contributed by atoms with Gasteiger partial charge >= 0.3 is 5.97 Å². The maximum absolute atomic E-state index is 11.2. The van der Waals surface area contributed by atoms with Gasteiger partial charge in [-0.1, -0.05) is 6.07 Å². The topological polar surface area (TPSA) is 59.4 Å². The highest BCUT2D eigenvalue weighted by Crippen LogP contribution is 2.28. The van der Waals surface area contributed by atoms with Gasteiger partial charge in [0.25, 0.3) is 0 Å². The van der Waals surface area contributed by atoms with Crippen LogP contribution >= 0.6 is 0 Å². The Morgan fingerprint density at radius 2 is 1.90 bits per heavy atom. The molecule has 0 atom stereocenters. The average Bonchev–Trinajstić information content (AvgIpc) is 2.37. The molecule has 1 N–H and O–H groups in total. The highest BCUT2D eigenvalue weighted by atomic mass is 16.5. The number of nitrogens with zero attached hydrogens (tertiary/aromatic N) is 1. The van der Waals surface area contributed by atoms with Gasteiger partial charge in [0.1, 0.15) is 11.3 Å². The molecule has 0 saturated carbocycles. The van der Waals surface area contributed by atoms with Crippen LogP contribution in [0.5, 0.6) is 5.75 Å². The second kappa shape index (κ2) is 5.74. The quantitative estimate of drug-likeness (QED) is 0.924. The van der Waals surface area contributed by atoms with Crippen LogP contribution in [0.25, 0.3) is 11.1 Å². The Balaban J connectivity index is 2.48. The van der Waals surface area contributed by atoms with E-state index in [1.54, 1.807) is 24.4 Å². The number of hydrogen-bond acceptors (Lipinski definition) is 3. The Bertz CT molecular complexity index is 635. The summed E-state index contributed by atoms with van der Waals surface area (Å²) in [5.41, 5.74) is 2.99. The fourth-order valence-corrected chi connectivity index (χ4v) is 1.96. The van der Waals surface area contributed by atoms with Crippen molar-refractivity contribution in [2.24, 2.45) is 0 Å². The first-order valence-electron chi connectivity index (χ1n) is 6.44. The smallest absolute Gasteiger partial charge is 0.339 e. The van der Waals surface area contributed by atoms with Crippen LogP contribution in [-0.2, 0) is 0 Å². The van der Waals surface area contributed by atoms with Crippen LogP contribution in [0, 0.1) is 6.92 Å². The molecule has 104 valence electrons. The normalized spacial score (nSPS) is 10.6. The predicted octanol–water partition coefficient (Wildman–Crippen LogP) is 3.54. The van der Waals surface area contributed by atoms with Crippen molar-refractivity contribution in [2.75, 3.05) is 0 Å². The van der Waals surface area contributed by atoms with Crippen LogP contribution in [0.1, 0.15) is 29.9 Å². The molecule has 4 nitrogen and oxygen atoms in total. The molecular weight excluding hydrogens is 254 g/mol. The third-order valence-corrected chi connectivity index (χ3v) is 2.80. The molecule has 0 saturated heterocycles. The van der Waals surface area contributed by atoms with Gasteiger partial charge in [0, 0.05) is 11.9 Å². The molecule has 0 fully saturated rings. The molecule has 2 rings (SSSR count). The van der Waals surface area contributed by atoms with Crippen LogP contribution in [0.15, 0.2) is 36.5 Å². The van der Waals surface area contributed by atoms with E-state index in [-0.39, 0.29) is 11.7 Å². The van der Waals surface area contributed by atoms with Gasteiger partial charge in [0.2, 0.25) is 0 Å². The lowest BCUT2D eigenvalue weighted by Gasteiger charge is -2.14. The first-order chi connectivity index (χ1) is 9.47. The molecular formula is C16H17NO3. The molecule has 4 heteroatoms. The second-order valence-electron chi connectivity index (χ2n) is 4.87. The zero-order valence-electron chi connectivity index (χ0n) is 11.8. The van der Waals surface area contributed by atoms with E-state index in [4.69, 9.17) is 4.74 Å². The minimum Gasteiger partial charge on any atom is -0.490 e. The Morgan fingerprint density at radius 1 is 1.20 bits per heavy atom. The lowest BCUT2D eigenvalue weighted by atomic mass is 10.0. The molecule has 1 aromatic carbocycles. The van der Waals surface area contributed by atoms with Gasteiger partial charge in [-0.3, -0.25) is 4.98 Å². The number of aryl methyl sites for hydroxylation is 1. The highest BCUT2D eigenvalue weighted by Gasteiger charge is 2.14. The second-order valence-corrected chi connectivity index (χ2v) is 4.87. The van der Waals surface area contributed by atoms with Gasteiger partial charge in [-0.05, 0) is 56.2 Å². The van der Waals surface area contributed by atoms with Crippen molar-refractivity contribution in [1.82, 2.24) is 4.98 Å². The Labute approximate surface area is 118 Å². The molecule has 0 radical (unpaired) electrons. The number of aromatic nitrogens is 1. The Morgan fingerprint density at radius 3 is 2.50 bits per heavy atom. The van der Waals surface area contributed by atoms with Gasteiger partial charge < -0.3 is 9.84 Å². The number of hydrogen-bond donors (Lipinski definition) is 1. The van der Waals surface area contributed by atoms with Gasteiger partial charge in [0.15, 0.2) is 0 Å². The van der Waals surface area contributed by atoms with Crippen LogP contribution in [0.3, 0.4) is 0 Å². The molecule has 1 aromatic heterocycles. The summed E-state index contributed by atoms with van der Waals surface area (Å²) in [4.78, 5) is 15.4. The van der Waals surface area contributed by atoms with Crippen molar-refractivity contribution in [3.63, 3.8) is 0 Å². The van der Waals surface area contributed by atoms with Crippen molar-refractivity contribution in [1.29, 1.82) is 0 Å². The van der Waals surface area contributed by atoms with Crippen LogP contribution < -0.4 is 4.74 Å². The van der Waals surface area contributed by atoms with Gasteiger partial charge in [-0.2, -0.15) is 0 Å². The summed E-state index contributed by atoms with van der Waals surface area (Å²) in [6.45, 7) is 5.66. The predicted molar refractivity (Wildman–Crippen MR) is 77.1 cm³/mol. The van der Waals surface area contributed by atoms with E-state index in [0.717, 1.165) is 16.8 Å². The summed E-state index contributed by atoms with van der Waals surface area (Å²) in [5, 5.41) is 9.19. The zero-order chi connectivity index (χ0) is 14.7. The van der Waals surface area contributed by atoms with E-state index in [0.29, 0.717) is 5.75 Å². The van der Waals surface area contributed by atoms with E-state index < -0.39 is 5.97 Å². The summed E-state index contributed by atoms with van der Waals surface area (Å²) < 4.78 is 5.60. The lowest BCUT2D eigenvalue weighted by molar-refractivity contribution is 0.0690. The molecule has 0 amide bonds. The van der Waals surface area contributed by atoms with E-state index in [1.165, 1.54) is 0 Å². The number of aromatic carboxylic acids is 1. The van der Waals surface area contributed by atoms with Crippen molar-refractivity contribution in [3.8, 4) is 16.9 Å². The van der Waals surface area contributed by atoms with Gasteiger partial charge in [-0.25, -0.2) is 4.79 Å². The number of carboxylic acids is 1. The number of ether oxygens (including phenoxy) is 1. The molecule has 0 spiro atoms. The molecule has 2 aromatic rings. The molecule has 0 aliphatic carbocycles. The summed E-state index contributed by atoms with van der Waals surface area (Å²) in [7, 11) is 0. The number of benzene rings is 1. The zero-order valence-corrected chi connectivity index (χ0v) is 11.8. The molecule has 0 aliphatic rings. The van der Waals surface area contributed by atoms with Crippen molar-refractivity contribution in [3.05, 3.63) is 47.8 Å². The average molecular weight is 271 g/mol. The minimum absolute atomic E-state index is 0.0810. The largest absolute Gasteiger partial charge is 0.490 e. The fraction of sp³-hybridized carbons (Fsp3) is 0.250. The third kappa shape index (κ3) is 3.15. The fourth-order valence-electron chi connectivity index (χ4n) is 1.96. The van der Waals surface area contributed by atoms with Crippen molar-refractivity contribution < 1.29 is 14.6 Å². The SMILES string of the molecule is Cc1cc(-c2ccc(C(=O)O)c(OC(C)C)c2)ccn1. The number of carbonyl (C=O) groups is 1. The maximum Gasteiger partial charge on any atom is 0.339 e. The molecule has 0 unspecified atom stereocenters. The number of pyridine rings is 1. The Kier molecular flexibility index (Phi) is 4.03. The summed E-state index contributed by atoms with van der Waals surface area (Å²) in [5.74, 6) is -0.599.